The second kappa shape index (κ2) is 6.96. The van der Waals surface area contributed by atoms with Crippen molar-refractivity contribution in [1.82, 2.24) is 9.97 Å². The van der Waals surface area contributed by atoms with Gasteiger partial charge in [0.2, 0.25) is 5.88 Å². The average Bonchev–Trinajstić information content (AvgIpc) is 3.01. The van der Waals surface area contributed by atoms with Gasteiger partial charge in [-0.05, 0) is 19.3 Å². The van der Waals surface area contributed by atoms with Gasteiger partial charge in [-0.1, -0.05) is 32.6 Å². The van der Waals surface area contributed by atoms with Gasteiger partial charge in [0, 0.05) is 19.0 Å². The highest BCUT2D eigenvalue weighted by Gasteiger charge is 2.22. The molecule has 5 nitrogen and oxygen atoms in total. The van der Waals surface area contributed by atoms with Crippen molar-refractivity contribution in [2.75, 3.05) is 23.8 Å². The Labute approximate surface area is 126 Å². The minimum absolute atomic E-state index is 0.552. The summed E-state index contributed by atoms with van der Waals surface area (Å²) >= 11 is 0. The molecule has 1 saturated carbocycles. The number of aryl methyl sites for hydroxylation is 1. The summed E-state index contributed by atoms with van der Waals surface area (Å²) in [5.74, 6) is 2.58. The summed E-state index contributed by atoms with van der Waals surface area (Å²) in [6.45, 7) is 3.72. The van der Waals surface area contributed by atoms with Gasteiger partial charge in [0.25, 0.3) is 0 Å². The number of anilines is 2. The van der Waals surface area contributed by atoms with Crippen molar-refractivity contribution < 1.29 is 4.74 Å². The first-order valence-corrected chi connectivity index (χ1v) is 8.41. The molecule has 116 valence electrons. The summed E-state index contributed by atoms with van der Waals surface area (Å²) in [4.78, 5) is 9.34. The molecule has 1 aromatic rings. The molecule has 2 heterocycles. The van der Waals surface area contributed by atoms with Crippen molar-refractivity contribution in [2.45, 2.75) is 64.3 Å². The fourth-order valence-electron chi connectivity index (χ4n) is 3.08. The van der Waals surface area contributed by atoms with Gasteiger partial charge in [0.15, 0.2) is 5.82 Å². The summed E-state index contributed by atoms with van der Waals surface area (Å²) in [7, 11) is 0. The van der Waals surface area contributed by atoms with Crippen molar-refractivity contribution in [3.8, 4) is 5.88 Å². The lowest BCUT2D eigenvalue weighted by Gasteiger charge is -2.23. The van der Waals surface area contributed by atoms with E-state index in [0.29, 0.717) is 12.6 Å². The number of unbranched alkanes of at least 4 members (excludes halogenated alkanes) is 2. The molecule has 1 aliphatic carbocycles. The molecule has 0 saturated heterocycles. The fourth-order valence-corrected chi connectivity index (χ4v) is 3.08. The number of nitrogens with zero attached hydrogens (tertiary/aromatic N) is 2. The third-order valence-corrected chi connectivity index (χ3v) is 4.26. The van der Waals surface area contributed by atoms with Crippen molar-refractivity contribution in [1.29, 1.82) is 0 Å². The molecular formula is C16H26N4O. The van der Waals surface area contributed by atoms with Crippen LogP contribution in [0.4, 0.5) is 11.5 Å². The molecule has 5 heteroatoms. The second-order valence-corrected chi connectivity index (χ2v) is 6.03. The normalized spacial score (nSPS) is 18.0. The first-order chi connectivity index (χ1) is 10.4. The van der Waals surface area contributed by atoms with Crippen molar-refractivity contribution in [3.05, 3.63) is 5.82 Å². The summed E-state index contributed by atoms with van der Waals surface area (Å²) < 4.78 is 5.72. The van der Waals surface area contributed by atoms with Crippen LogP contribution in [0.15, 0.2) is 0 Å². The van der Waals surface area contributed by atoms with Gasteiger partial charge >= 0.3 is 0 Å². The van der Waals surface area contributed by atoms with Crippen molar-refractivity contribution in [2.24, 2.45) is 0 Å². The van der Waals surface area contributed by atoms with E-state index >= 15 is 0 Å². The van der Waals surface area contributed by atoms with E-state index in [1.807, 2.05) is 0 Å². The van der Waals surface area contributed by atoms with Gasteiger partial charge in [0.1, 0.15) is 18.1 Å². The lowest BCUT2D eigenvalue weighted by Crippen LogP contribution is -2.24. The number of rotatable bonds is 6. The highest BCUT2D eigenvalue weighted by molar-refractivity contribution is 5.71. The third kappa shape index (κ3) is 3.57. The summed E-state index contributed by atoms with van der Waals surface area (Å²) in [6, 6.07) is 0.552. The zero-order valence-corrected chi connectivity index (χ0v) is 13.0. The monoisotopic (exact) mass is 290 g/mol. The summed E-state index contributed by atoms with van der Waals surface area (Å²) in [5, 5.41) is 6.99. The van der Waals surface area contributed by atoms with E-state index in [9.17, 15) is 0 Å². The van der Waals surface area contributed by atoms with Gasteiger partial charge in [-0.2, -0.15) is 4.98 Å². The molecule has 2 N–H and O–H groups in total. The van der Waals surface area contributed by atoms with Gasteiger partial charge in [0.05, 0.1) is 0 Å². The van der Waals surface area contributed by atoms with Crippen LogP contribution in [0.1, 0.15) is 57.7 Å². The number of nitrogens with one attached hydrogen (secondary N) is 2. The molecule has 0 aromatic carbocycles. The number of hydrogen-bond donors (Lipinski definition) is 2. The lowest BCUT2D eigenvalue weighted by molar-refractivity contribution is 0.308. The topological polar surface area (TPSA) is 59.1 Å². The van der Waals surface area contributed by atoms with Crippen molar-refractivity contribution >= 4 is 11.5 Å². The van der Waals surface area contributed by atoms with Crippen LogP contribution in [-0.2, 0) is 6.42 Å². The van der Waals surface area contributed by atoms with E-state index in [2.05, 4.69) is 22.5 Å². The zero-order chi connectivity index (χ0) is 14.5. The molecule has 0 spiro atoms. The van der Waals surface area contributed by atoms with Gasteiger partial charge < -0.3 is 15.4 Å². The summed E-state index contributed by atoms with van der Waals surface area (Å²) in [5.41, 5.74) is 0.951. The predicted octanol–water partition coefficient (Wildman–Crippen LogP) is 3.37. The van der Waals surface area contributed by atoms with Gasteiger partial charge in [-0.25, -0.2) is 4.98 Å². The highest BCUT2D eigenvalue weighted by atomic mass is 16.5. The predicted molar refractivity (Wildman–Crippen MR) is 85.1 cm³/mol. The molecule has 0 amide bonds. The zero-order valence-electron chi connectivity index (χ0n) is 13.0. The highest BCUT2D eigenvalue weighted by Crippen LogP contribution is 2.34. The van der Waals surface area contributed by atoms with E-state index in [4.69, 9.17) is 9.72 Å². The minimum Gasteiger partial charge on any atom is -0.474 e. The molecule has 0 atom stereocenters. The largest absolute Gasteiger partial charge is 0.474 e. The SMILES string of the molecule is CCCCCc1nc(NC2CCCC2)c2c(n1)OCCN2. The summed E-state index contributed by atoms with van der Waals surface area (Å²) in [6.07, 6.45) is 9.64. The van der Waals surface area contributed by atoms with Crippen LogP contribution in [0.3, 0.4) is 0 Å². The van der Waals surface area contributed by atoms with Crippen LogP contribution in [0.5, 0.6) is 5.88 Å². The van der Waals surface area contributed by atoms with Crippen LogP contribution in [0.25, 0.3) is 0 Å². The molecule has 2 aliphatic rings. The van der Waals surface area contributed by atoms with Crippen LogP contribution < -0.4 is 15.4 Å². The Bertz CT molecular complexity index is 472. The number of aromatic nitrogens is 2. The maximum atomic E-state index is 5.72. The van der Waals surface area contributed by atoms with E-state index in [-0.39, 0.29) is 0 Å². The Kier molecular flexibility index (Phi) is 4.78. The molecule has 0 radical (unpaired) electrons. The third-order valence-electron chi connectivity index (χ3n) is 4.26. The Morgan fingerprint density at radius 2 is 2.10 bits per heavy atom. The number of ether oxygens (including phenoxy) is 1. The Balaban J connectivity index is 1.78. The van der Waals surface area contributed by atoms with Gasteiger partial charge in [-0.15, -0.1) is 0 Å². The molecule has 0 bridgehead atoms. The molecule has 1 aliphatic heterocycles. The number of fused-ring (bicyclic) bond motifs is 1. The maximum absolute atomic E-state index is 5.72. The minimum atomic E-state index is 0.552. The van der Waals surface area contributed by atoms with Gasteiger partial charge in [-0.3, -0.25) is 0 Å². The van der Waals surface area contributed by atoms with E-state index in [1.165, 1.54) is 38.5 Å². The number of hydrogen-bond acceptors (Lipinski definition) is 5. The quantitative estimate of drug-likeness (QED) is 0.787. The Morgan fingerprint density at radius 3 is 2.90 bits per heavy atom. The van der Waals surface area contributed by atoms with E-state index in [0.717, 1.165) is 42.6 Å². The maximum Gasteiger partial charge on any atom is 0.243 e. The van der Waals surface area contributed by atoms with E-state index < -0.39 is 0 Å². The molecule has 3 rings (SSSR count). The molecule has 1 aromatic heterocycles. The molecule has 0 unspecified atom stereocenters. The average molecular weight is 290 g/mol. The fraction of sp³-hybridized carbons (Fsp3) is 0.750. The second-order valence-electron chi connectivity index (χ2n) is 6.03. The first-order valence-electron chi connectivity index (χ1n) is 8.41. The molecular weight excluding hydrogens is 264 g/mol. The van der Waals surface area contributed by atoms with Crippen LogP contribution in [0.2, 0.25) is 0 Å². The Hall–Kier alpha value is -1.52. The molecule has 21 heavy (non-hydrogen) atoms. The molecule has 1 fully saturated rings. The van der Waals surface area contributed by atoms with Crippen molar-refractivity contribution in [3.63, 3.8) is 0 Å². The lowest BCUT2D eigenvalue weighted by atomic mass is 10.2. The first kappa shape index (κ1) is 14.4. The standard InChI is InChI=1S/C16H26N4O/c1-2-3-4-9-13-19-15(18-12-7-5-6-8-12)14-16(20-13)21-11-10-17-14/h12,17H,2-11H2,1H3,(H,18,19,20). The van der Waals surface area contributed by atoms with E-state index in [1.54, 1.807) is 0 Å². The smallest absolute Gasteiger partial charge is 0.243 e. The van der Waals surface area contributed by atoms with Crippen LogP contribution in [-0.4, -0.2) is 29.2 Å². The van der Waals surface area contributed by atoms with Crippen LogP contribution >= 0.6 is 0 Å². The Morgan fingerprint density at radius 1 is 1.24 bits per heavy atom. The van der Waals surface area contributed by atoms with Crippen LogP contribution in [0, 0.1) is 0 Å².